The largest absolute Gasteiger partial charge is 0.102 e. The van der Waals surface area contributed by atoms with Gasteiger partial charge >= 0.3 is 0 Å². The normalized spacial score (nSPS) is 15.1. The maximum absolute atomic E-state index is 3.79. The third-order valence-corrected chi connectivity index (χ3v) is 2.26. The lowest BCUT2D eigenvalue weighted by atomic mass is 10.1. The van der Waals surface area contributed by atoms with E-state index in [9.17, 15) is 0 Å². The molecule has 0 bridgehead atoms. The van der Waals surface area contributed by atoms with Gasteiger partial charge in [-0.3, -0.25) is 0 Å². The minimum absolute atomic E-state index is 0.368. The molecule has 0 heteroatoms. The molecule has 64 valence electrons. The zero-order chi connectivity index (χ0) is 9.10. The van der Waals surface area contributed by atoms with E-state index in [1.54, 1.807) is 0 Å². The van der Waals surface area contributed by atoms with Gasteiger partial charge in [0.2, 0.25) is 0 Å². The van der Waals surface area contributed by atoms with Crippen molar-refractivity contribution in [3.05, 3.63) is 60.2 Å². The average Bonchev–Trinajstić information content (AvgIpc) is 2.39. The number of hydrogen-bond acceptors (Lipinski definition) is 0. The van der Waals surface area contributed by atoms with Gasteiger partial charge in [0.25, 0.3) is 0 Å². The standard InChI is InChI=1S/C13H12/c1-2-11-7-9-12-5-3-4-6-13(12)10-8-11/h2-11H,1H2. The van der Waals surface area contributed by atoms with Crippen molar-refractivity contribution in [1.82, 2.24) is 0 Å². The first-order chi connectivity index (χ1) is 6.40. The Morgan fingerprint density at radius 2 is 1.54 bits per heavy atom. The summed E-state index contributed by atoms with van der Waals surface area (Å²) in [6.45, 7) is 3.79. The van der Waals surface area contributed by atoms with E-state index < -0.39 is 0 Å². The van der Waals surface area contributed by atoms with Crippen molar-refractivity contribution < 1.29 is 0 Å². The highest BCUT2D eigenvalue weighted by molar-refractivity contribution is 5.68. The molecule has 2 rings (SSSR count). The second-order valence-corrected chi connectivity index (χ2v) is 3.16. The van der Waals surface area contributed by atoms with Crippen LogP contribution >= 0.6 is 0 Å². The van der Waals surface area contributed by atoms with Gasteiger partial charge in [-0.05, 0) is 11.1 Å². The molecule has 1 aliphatic rings. The average molecular weight is 168 g/mol. The molecule has 0 unspecified atom stereocenters. The van der Waals surface area contributed by atoms with Gasteiger partial charge in [0.1, 0.15) is 0 Å². The Bertz CT molecular complexity index is 336. The maximum atomic E-state index is 3.79. The van der Waals surface area contributed by atoms with Gasteiger partial charge in [0, 0.05) is 5.92 Å². The lowest BCUT2D eigenvalue weighted by Crippen LogP contribution is -1.80. The molecule has 0 heterocycles. The predicted molar refractivity (Wildman–Crippen MR) is 58.2 cm³/mol. The van der Waals surface area contributed by atoms with Crippen LogP contribution in [0.25, 0.3) is 12.2 Å². The van der Waals surface area contributed by atoms with Crippen molar-refractivity contribution in [2.75, 3.05) is 0 Å². The highest BCUT2D eigenvalue weighted by Gasteiger charge is 2.00. The van der Waals surface area contributed by atoms with Crippen LogP contribution < -0.4 is 0 Å². The first-order valence-electron chi connectivity index (χ1n) is 4.48. The summed E-state index contributed by atoms with van der Waals surface area (Å²) in [5.74, 6) is 0.368. The van der Waals surface area contributed by atoms with E-state index in [-0.39, 0.29) is 0 Å². The summed E-state index contributed by atoms with van der Waals surface area (Å²) < 4.78 is 0. The highest BCUT2D eigenvalue weighted by Crippen LogP contribution is 2.19. The summed E-state index contributed by atoms with van der Waals surface area (Å²) in [5, 5.41) is 0. The van der Waals surface area contributed by atoms with Gasteiger partial charge in [-0.25, -0.2) is 0 Å². The van der Waals surface area contributed by atoms with E-state index >= 15 is 0 Å². The van der Waals surface area contributed by atoms with Crippen LogP contribution in [0.4, 0.5) is 0 Å². The molecule has 0 radical (unpaired) electrons. The predicted octanol–water partition coefficient (Wildman–Crippen LogP) is 3.53. The Balaban J connectivity index is 2.46. The Morgan fingerprint density at radius 1 is 1.00 bits per heavy atom. The Morgan fingerprint density at radius 3 is 2.00 bits per heavy atom. The minimum atomic E-state index is 0.368. The molecule has 0 amide bonds. The molecule has 1 aromatic rings. The molecule has 0 fully saturated rings. The first kappa shape index (κ1) is 8.06. The molecule has 0 saturated carbocycles. The fraction of sp³-hybridized carbons (Fsp3) is 0.0769. The van der Waals surface area contributed by atoms with Crippen molar-refractivity contribution >= 4 is 12.2 Å². The van der Waals surface area contributed by atoms with Gasteiger partial charge in [-0.1, -0.05) is 54.6 Å². The molecule has 0 nitrogen and oxygen atoms in total. The van der Waals surface area contributed by atoms with E-state index in [4.69, 9.17) is 0 Å². The molecule has 0 spiro atoms. The van der Waals surface area contributed by atoms with Gasteiger partial charge in [-0.2, -0.15) is 0 Å². The van der Waals surface area contributed by atoms with E-state index in [1.807, 2.05) is 6.08 Å². The fourth-order valence-corrected chi connectivity index (χ4v) is 1.47. The lowest BCUT2D eigenvalue weighted by molar-refractivity contribution is 1.09. The van der Waals surface area contributed by atoms with E-state index in [0.717, 1.165) is 0 Å². The molecule has 13 heavy (non-hydrogen) atoms. The fourth-order valence-electron chi connectivity index (χ4n) is 1.47. The zero-order valence-electron chi connectivity index (χ0n) is 7.48. The van der Waals surface area contributed by atoms with Crippen LogP contribution in [0.3, 0.4) is 0 Å². The Hall–Kier alpha value is -1.56. The van der Waals surface area contributed by atoms with Crippen LogP contribution in [-0.4, -0.2) is 0 Å². The van der Waals surface area contributed by atoms with Crippen LogP contribution in [-0.2, 0) is 0 Å². The second-order valence-electron chi connectivity index (χ2n) is 3.16. The topological polar surface area (TPSA) is 0 Å². The number of fused-ring (bicyclic) bond motifs is 1. The monoisotopic (exact) mass is 168 g/mol. The Labute approximate surface area is 78.9 Å². The van der Waals surface area contributed by atoms with E-state index in [2.05, 4.69) is 55.1 Å². The van der Waals surface area contributed by atoms with Gasteiger partial charge in [0.05, 0.1) is 0 Å². The molecular formula is C13H12. The third-order valence-electron chi connectivity index (χ3n) is 2.26. The van der Waals surface area contributed by atoms with Crippen LogP contribution in [0.2, 0.25) is 0 Å². The quantitative estimate of drug-likeness (QED) is 0.563. The van der Waals surface area contributed by atoms with Crippen molar-refractivity contribution in [2.45, 2.75) is 0 Å². The maximum Gasteiger partial charge on any atom is 0.0131 e. The molecule has 1 aliphatic carbocycles. The molecule has 0 N–H and O–H groups in total. The summed E-state index contributed by atoms with van der Waals surface area (Å²) in [5.41, 5.74) is 2.56. The van der Waals surface area contributed by atoms with Gasteiger partial charge < -0.3 is 0 Å². The molecule has 0 atom stereocenters. The molecule has 0 aromatic heterocycles. The SMILES string of the molecule is C=CC1C=Cc2ccccc2C=C1. The minimum Gasteiger partial charge on any atom is -0.102 e. The number of benzene rings is 1. The number of allylic oxidation sites excluding steroid dienone is 3. The highest BCUT2D eigenvalue weighted by atomic mass is 14.1. The van der Waals surface area contributed by atoms with Gasteiger partial charge in [0.15, 0.2) is 0 Å². The number of rotatable bonds is 1. The van der Waals surface area contributed by atoms with Crippen LogP contribution in [0.15, 0.2) is 49.1 Å². The number of hydrogen-bond donors (Lipinski definition) is 0. The summed E-state index contributed by atoms with van der Waals surface area (Å²) >= 11 is 0. The van der Waals surface area contributed by atoms with Crippen molar-refractivity contribution in [3.63, 3.8) is 0 Å². The van der Waals surface area contributed by atoms with Crippen molar-refractivity contribution in [3.8, 4) is 0 Å². The summed E-state index contributed by atoms with van der Waals surface area (Å²) in [4.78, 5) is 0. The molecule has 0 aliphatic heterocycles. The second kappa shape index (κ2) is 3.44. The smallest absolute Gasteiger partial charge is 0.0131 e. The third kappa shape index (κ3) is 1.62. The van der Waals surface area contributed by atoms with Crippen molar-refractivity contribution in [2.24, 2.45) is 5.92 Å². The molecule has 1 aromatic carbocycles. The first-order valence-corrected chi connectivity index (χ1v) is 4.48. The summed E-state index contributed by atoms with van der Waals surface area (Å²) in [6.07, 6.45) is 10.6. The summed E-state index contributed by atoms with van der Waals surface area (Å²) in [7, 11) is 0. The zero-order valence-corrected chi connectivity index (χ0v) is 7.48. The summed E-state index contributed by atoms with van der Waals surface area (Å²) in [6, 6.07) is 8.37. The van der Waals surface area contributed by atoms with Crippen LogP contribution in [0.1, 0.15) is 11.1 Å². The van der Waals surface area contributed by atoms with Crippen LogP contribution in [0.5, 0.6) is 0 Å². The Kier molecular flexibility index (Phi) is 2.13. The van der Waals surface area contributed by atoms with Crippen molar-refractivity contribution in [1.29, 1.82) is 0 Å². The van der Waals surface area contributed by atoms with Crippen LogP contribution in [0, 0.1) is 5.92 Å². The lowest BCUT2D eigenvalue weighted by Gasteiger charge is -1.96. The van der Waals surface area contributed by atoms with E-state index in [1.165, 1.54) is 11.1 Å². The molecular weight excluding hydrogens is 156 g/mol. The van der Waals surface area contributed by atoms with E-state index in [0.29, 0.717) is 5.92 Å². The molecule has 0 saturated heterocycles. The van der Waals surface area contributed by atoms with Gasteiger partial charge in [-0.15, -0.1) is 6.58 Å².